The number of rotatable bonds is 5. The lowest BCUT2D eigenvalue weighted by Gasteiger charge is -2.40. The van der Waals surface area contributed by atoms with Gasteiger partial charge in [0.15, 0.2) is 0 Å². The lowest BCUT2D eigenvalue weighted by Crippen LogP contribution is -2.55. The van der Waals surface area contributed by atoms with Crippen molar-refractivity contribution in [2.75, 3.05) is 33.4 Å². The first-order valence-electron chi connectivity index (χ1n) is 13.1. The smallest absolute Gasteiger partial charge is 0.410 e. The van der Waals surface area contributed by atoms with Gasteiger partial charge in [-0.1, -0.05) is 0 Å². The molecule has 0 aromatic carbocycles. The molecular formula is C24H38F3N3O5. The Morgan fingerprint density at radius 3 is 2.51 bits per heavy atom. The zero-order valence-corrected chi connectivity index (χ0v) is 20.7. The number of hydrogen-bond acceptors (Lipinski definition) is 6. The normalized spacial score (nSPS) is 35.9. The van der Waals surface area contributed by atoms with E-state index in [9.17, 15) is 22.8 Å². The van der Waals surface area contributed by atoms with Crippen molar-refractivity contribution in [2.24, 2.45) is 5.41 Å². The molecular weight excluding hydrogens is 467 g/mol. The maximum atomic E-state index is 13.7. The van der Waals surface area contributed by atoms with Crippen LogP contribution < -0.4 is 5.32 Å². The minimum Gasteiger partial charge on any atom is -0.444 e. The second kappa shape index (κ2) is 9.70. The molecule has 6 atom stereocenters. The van der Waals surface area contributed by atoms with Crippen LogP contribution in [0.2, 0.25) is 0 Å². The average Bonchev–Trinajstić information content (AvgIpc) is 3.47. The number of carbonyl (C=O) groups is 2. The number of amides is 2. The van der Waals surface area contributed by atoms with E-state index in [0.717, 1.165) is 0 Å². The molecule has 4 fully saturated rings. The highest BCUT2D eigenvalue weighted by Crippen LogP contribution is 2.49. The van der Waals surface area contributed by atoms with Crippen LogP contribution in [-0.2, 0) is 19.0 Å². The number of piperazine rings is 1. The van der Waals surface area contributed by atoms with Crippen LogP contribution in [0.15, 0.2) is 0 Å². The molecule has 1 N–H and O–H groups in total. The SMILES string of the molecule is [2H]CO[C@@H]1COCC[C@@H]1N[C@@H]1CC[C@](CC(F)(F)F)(C(=O)N2C[C@@H]3C[C@H]2CN3C(=O)OC(C)(C)C)C1. The third-order valence-corrected chi connectivity index (χ3v) is 7.70. The van der Waals surface area contributed by atoms with Gasteiger partial charge >= 0.3 is 12.3 Å². The van der Waals surface area contributed by atoms with E-state index in [1.54, 1.807) is 30.6 Å². The first-order valence-corrected chi connectivity index (χ1v) is 12.4. The van der Waals surface area contributed by atoms with Gasteiger partial charge in [0.05, 0.1) is 38.0 Å². The second-order valence-electron chi connectivity index (χ2n) is 11.5. The van der Waals surface area contributed by atoms with Crippen molar-refractivity contribution < 1.29 is 38.3 Å². The number of halogens is 3. The van der Waals surface area contributed by atoms with E-state index < -0.39 is 35.6 Å². The predicted octanol–water partition coefficient (Wildman–Crippen LogP) is 3.09. The molecule has 3 heterocycles. The first kappa shape index (κ1) is 25.1. The number of methoxy groups -OCH3 is 1. The lowest BCUT2D eigenvalue weighted by molar-refractivity contribution is -0.175. The summed E-state index contributed by atoms with van der Waals surface area (Å²) in [7, 11) is -0.217. The third-order valence-electron chi connectivity index (χ3n) is 7.70. The van der Waals surface area contributed by atoms with E-state index in [1.165, 1.54) is 0 Å². The summed E-state index contributed by atoms with van der Waals surface area (Å²) in [5, 5.41) is 3.42. The highest BCUT2D eigenvalue weighted by molar-refractivity contribution is 5.84. The van der Waals surface area contributed by atoms with Crippen molar-refractivity contribution in [3.63, 3.8) is 0 Å². The van der Waals surface area contributed by atoms with E-state index in [2.05, 4.69) is 5.32 Å². The highest BCUT2D eigenvalue weighted by atomic mass is 19.4. The standard InChI is InChI=1S/C24H38F3N3O5/c1-22(2,3)35-21(32)30-12-16-9-17(30)11-29(16)20(31)23(14-24(25,26)27)7-5-15(10-23)28-18-6-8-34-13-19(18)33-4/h15-19,28H,5-14H2,1-4H3/t15-,16+,17+,18+,19-,23+/m1/s1/i4D. The Morgan fingerprint density at radius 2 is 1.89 bits per heavy atom. The van der Waals surface area contributed by atoms with Gasteiger partial charge in [0.2, 0.25) is 5.91 Å². The molecule has 0 aromatic heterocycles. The molecule has 8 nitrogen and oxygen atoms in total. The van der Waals surface area contributed by atoms with Crippen LogP contribution in [-0.4, -0.2) is 97.2 Å². The largest absolute Gasteiger partial charge is 0.444 e. The number of alkyl halides is 3. The van der Waals surface area contributed by atoms with Crippen molar-refractivity contribution >= 4 is 12.0 Å². The quantitative estimate of drug-likeness (QED) is 0.618. The minimum absolute atomic E-state index is 0.0972. The number of hydrogen-bond donors (Lipinski definition) is 1. The predicted molar refractivity (Wildman–Crippen MR) is 121 cm³/mol. The Kier molecular flexibility index (Phi) is 6.95. The molecule has 11 heteroatoms. The molecule has 4 rings (SSSR count). The Morgan fingerprint density at radius 1 is 1.17 bits per heavy atom. The fraction of sp³-hybridized carbons (Fsp3) is 0.917. The molecule has 0 spiro atoms. The van der Waals surface area contributed by atoms with Crippen molar-refractivity contribution in [3.05, 3.63) is 0 Å². The van der Waals surface area contributed by atoms with Gasteiger partial charge in [-0.2, -0.15) is 13.2 Å². The Labute approximate surface area is 206 Å². The summed E-state index contributed by atoms with van der Waals surface area (Å²) in [4.78, 5) is 29.5. The molecule has 0 radical (unpaired) electrons. The van der Waals surface area contributed by atoms with Gasteiger partial charge in [-0.25, -0.2) is 4.79 Å². The summed E-state index contributed by atoms with van der Waals surface area (Å²) in [6, 6.07) is -0.917. The first-order chi connectivity index (χ1) is 16.8. The van der Waals surface area contributed by atoms with Gasteiger partial charge in [-0.05, 0) is 52.9 Å². The molecule has 3 aliphatic heterocycles. The number of nitrogens with one attached hydrogen (secondary N) is 1. The molecule has 3 saturated heterocycles. The summed E-state index contributed by atoms with van der Waals surface area (Å²) in [5.41, 5.74) is -2.17. The Bertz CT molecular complexity index is 824. The summed E-state index contributed by atoms with van der Waals surface area (Å²) < 4.78 is 64.9. The van der Waals surface area contributed by atoms with Crippen LogP contribution in [0.4, 0.5) is 18.0 Å². The number of ether oxygens (including phenoxy) is 3. The van der Waals surface area contributed by atoms with Crippen molar-refractivity contribution in [1.29, 1.82) is 0 Å². The molecule has 1 aliphatic carbocycles. The van der Waals surface area contributed by atoms with Gasteiger partial charge in [0.1, 0.15) is 5.60 Å². The summed E-state index contributed by atoms with van der Waals surface area (Å²) >= 11 is 0. The monoisotopic (exact) mass is 506 g/mol. The van der Waals surface area contributed by atoms with Crippen molar-refractivity contribution in [3.8, 4) is 0 Å². The molecule has 2 amide bonds. The second-order valence-corrected chi connectivity index (χ2v) is 11.5. The summed E-state index contributed by atoms with van der Waals surface area (Å²) in [6.45, 7) is 6.70. The zero-order valence-electron chi connectivity index (χ0n) is 21.7. The van der Waals surface area contributed by atoms with Crippen LogP contribution in [0.25, 0.3) is 0 Å². The zero-order chi connectivity index (χ0) is 26.3. The van der Waals surface area contributed by atoms with E-state index in [4.69, 9.17) is 15.6 Å². The van der Waals surface area contributed by atoms with E-state index in [1.807, 2.05) is 0 Å². The Balaban J connectivity index is 1.43. The fourth-order valence-corrected chi connectivity index (χ4v) is 6.22. The van der Waals surface area contributed by atoms with Crippen LogP contribution in [0, 0.1) is 5.41 Å². The number of likely N-dealkylation sites (tertiary alicyclic amines) is 2. The average molecular weight is 507 g/mol. The third kappa shape index (κ3) is 5.88. The number of fused-ring (bicyclic) bond motifs is 2. The molecule has 0 unspecified atom stereocenters. The van der Waals surface area contributed by atoms with Crippen LogP contribution >= 0.6 is 0 Å². The number of nitrogens with zero attached hydrogens (tertiary/aromatic N) is 2. The van der Waals surface area contributed by atoms with E-state index in [-0.39, 0.29) is 63.3 Å². The maximum Gasteiger partial charge on any atom is 0.410 e. The van der Waals surface area contributed by atoms with Crippen LogP contribution in [0.1, 0.15) is 60.7 Å². The summed E-state index contributed by atoms with van der Waals surface area (Å²) in [5.74, 6) is -0.452. The minimum atomic E-state index is -4.47. The molecule has 0 aromatic rings. The van der Waals surface area contributed by atoms with Crippen molar-refractivity contribution in [2.45, 2.75) is 101 Å². The summed E-state index contributed by atoms with van der Waals surface area (Å²) in [6.07, 6.45) is -4.50. The molecule has 4 aliphatic rings. The van der Waals surface area contributed by atoms with Gasteiger partial charge in [-0.3, -0.25) is 4.79 Å². The van der Waals surface area contributed by atoms with Gasteiger partial charge in [0.25, 0.3) is 0 Å². The Hall–Kier alpha value is -1.59. The topological polar surface area (TPSA) is 80.3 Å². The molecule has 200 valence electrons. The van der Waals surface area contributed by atoms with E-state index >= 15 is 0 Å². The van der Waals surface area contributed by atoms with E-state index in [0.29, 0.717) is 32.5 Å². The molecule has 2 bridgehead atoms. The van der Waals surface area contributed by atoms with Gasteiger partial charge in [0, 0.05) is 38.9 Å². The molecule has 1 saturated carbocycles. The lowest BCUT2D eigenvalue weighted by atomic mass is 9.80. The van der Waals surface area contributed by atoms with Gasteiger partial charge in [-0.15, -0.1) is 0 Å². The maximum absolute atomic E-state index is 13.7. The molecule has 35 heavy (non-hydrogen) atoms. The fourth-order valence-electron chi connectivity index (χ4n) is 6.22. The van der Waals surface area contributed by atoms with Crippen molar-refractivity contribution in [1.82, 2.24) is 15.1 Å². The highest BCUT2D eigenvalue weighted by Gasteiger charge is 2.57. The number of carbonyl (C=O) groups excluding carboxylic acids is 2. The van der Waals surface area contributed by atoms with Crippen LogP contribution in [0.3, 0.4) is 0 Å². The van der Waals surface area contributed by atoms with Crippen LogP contribution in [0.5, 0.6) is 0 Å². The van der Waals surface area contributed by atoms with Gasteiger partial charge < -0.3 is 29.3 Å².